The molecule has 1 nitrogen and oxygen atoms in total. The molecule has 0 unspecified atom stereocenters. The maximum Gasteiger partial charge on any atom is 0.391 e. The fraction of sp³-hybridized carbons (Fsp3) is 1.00. The molecule has 15 heavy (non-hydrogen) atoms. The van der Waals surface area contributed by atoms with Gasteiger partial charge in [-0.25, -0.2) is 0 Å². The van der Waals surface area contributed by atoms with E-state index in [1.807, 2.05) is 0 Å². The Hall–Kier alpha value is -0.250. The molecule has 2 fully saturated rings. The third-order valence-electron chi connectivity index (χ3n) is 3.74. The van der Waals surface area contributed by atoms with Crippen molar-refractivity contribution >= 4 is 0 Å². The van der Waals surface area contributed by atoms with E-state index in [0.717, 1.165) is 19.3 Å². The van der Waals surface area contributed by atoms with Crippen molar-refractivity contribution in [3.8, 4) is 0 Å². The minimum atomic E-state index is -4.07. The first kappa shape index (κ1) is 11.2. The zero-order valence-electron chi connectivity index (χ0n) is 8.69. The second-order valence-electron chi connectivity index (χ2n) is 5.19. The molecule has 0 aromatic rings. The highest BCUT2D eigenvalue weighted by Gasteiger charge is 2.46. The minimum Gasteiger partial charge on any atom is -0.390 e. The third-order valence-corrected chi connectivity index (χ3v) is 3.74. The van der Waals surface area contributed by atoms with Gasteiger partial charge >= 0.3 is 6.18 Å². The van der Waals surface area contributed by atoms with E-state index in [4.69, 9.17) is 0 Å². The topological polar surface area (TPSA) is 20.2 Å². The first-order valence-electron chi connectivity index (χ1n) is 5.68. The number of aliphatic hydroxyl groups is 1. The van der Waals surface area contributed by atoms with Gasteiger partial charge < -0.3 is 5.11 Å². The maximum atomic E-state index is 12.4. The van der Waals surface area contributed by atoms with Crippen molar-refractivity contribution < 1.29 is 18.3 Å². The first-order chi connectivity index (χ1) is 6.89. The van der Waals surface area contributed by atoms with E-state index in [1.54, 1.807) is 0 Å². The van der Waals surface area contributed by atoms with Gasteiger partial charge in [0.05, 0.1) is 11.5 Å². The number of rotatable bonds is 2. The Kier molecular flexibility index (Phi) is 2.73. The summed E-state index contributed by atoms with van der Waals surface area (Å²) in [6, 6.07) is 0. The molecule has 2 rings (SSSR count). The monoisotopic (exact) mass is 222 g/mol. The van der Waals surface area contributed by atoms with Crippen molar-refractivity contribution in [1.82, 2.24) is 0 Å². The first-order valence-corrected chi connectivity index (χ1v) is 5.68. The van der Waals surface area contributed by atoms with Crippen molar-refractivity contribution in [2.45, 2.75) is 56.7 Å². The van der Waals surface area contributed by atoms with Gasteiger partial charge in [-0.15, -0.1) is 0 Å². The van der Waals surface area contributed by atoms with Crippen LogP contribution in [0.2, 0.25) is 0 Å². The van der Waals surface area contributed by atoms with Crippen LogP contribution in [0, 0.1) is 11.8 Å². The van der Waals surface area contributed by atoms with E-state index in [-0.39, 0.29) is 12.8 Å². The summed E-state index contributed by atoms with van der Waals surface area (Å²) < 4.78 is 37.2. The van der Waals surface area contributed by atoms with E-state index in [0.29, 0.717) is 18.8 Å². The molecular weight excluding hydrogens is 205 g/mol. The Morgan fingerprint density at radius 2 is 1.60 bits per heavy atom. The molecule has 0 radical (unpaired) electrons. The predicted octanol–water partition coefficient (Wildman–Crippen LogP) is 3.27. The van der Waals surface area contributed by atoms with Crippen LogP contribution in [0.5, 0.6) is 0 Å². The average molecular weight is 222 g/mol. The Labute approximate surface area is 87.7 Å². The summed E-state index contributed by atoms with van der Waals surface area (Å²) in [5, 5.41) is 10.1. The van der Waals surface area contributed by atoms with Gasteiger partial charge in [0.2, 0.25) is 0 Å². The summed E-state index contributed by atoms with van der Waals surface area (Å²) in [4.78, 5) is 0. The van der Waals surface area contributed by atoms with Crippen molar-refractivity contribution in [3.05, 3.63) is 0 Å². The van der Waals surface area contributed by atoms with Crippen molar-refractivity contribution in [2.75, 3.05) is 0 Å². The molecule has 0 atom stereocenters. The van der Waals surface area contributed by atoms with Gasteiger partial charge in [0.15, 0.2) is 0 Å². The summed E-state index contributed by atoms with van der Waals surface area (Å²) in [5.74, 6) is -0.602. The van der Waals surface area contributed by atoms with Crippen LogP contribution < -0.4 is 0 Å². The second kappa shape index (κ2) is 3.65. The highest BCUT2D eigenvalue weighted by atomic mass is 19.4. The molecule has 0 spiro atoms. The molecule has 4 heteroatoms. The van der Waals surface area contributed by atoms with Crippen LogP contribution in [-0.2, 0) is 0 Å². The number of hydrogen-bond acceptors (Lipinski definition) is 1. The van der Waals surface area contributed by atoms with Crippen molar-refractivity contribution in [2.24, 2.45) is 11.8 Å². The fourth-order valence-electron chi connectivity index (χ4n) is 2.55. The maximum absolute atomic E-state index is 12.4. The predicted molar refractivity (Wildman–Crippen MR) is 50.3 cm³/mol. The van der Waals surface area contributed by atoms with E-state index in [1.165, 1.54) is 0 Å². The third kappa shape index (κ3) is 2.86. The van der Waals surface area contributed by atoms with Crippen LogP contribution in [0.1, 0.15) is 44.9 Å². The second-order valence-corrected chi connectivity index (χ2v) is 5.19. The van der Waals surface area contributed by atoms with Crippen LogP contribution in [0.4, 0.5) is 13.2 Å². The summed E-state index contributed by atoms with van der Waals surface area (Å²) in [5.41, 5.74) is -0.789. The molecule has 0 heterocycles. The fourth-order valence-corrected chi connectivity index (χ4v) is 2.55. The minimum absolute atomic E-state index is 0.104. The smallest absolute Gasteiger partial charge is 0.390 e. The van der Waals surface area contributed by atoms with Crippen LogP contribution >= 0.6 is 0 Å². The Bertz CT molecular complexity index is 224. The lowest BCUT2D eigenvalue weighted by Crippen LogP contribution is -2.38. The highest BCUT2D eigenvalue weighted by molar-refractivity contribution is 4.92. The normalized spacial score (nSPS) is 38.0. The quantitative estimate of drug-likeness (QED) is 0.760. The summed E-state index contributed by atoms with van der Waals surface area (Å²) in [7, 11) is 0. The van der Waals surface area contributed by atoms with Crippen LogP contribution in [0.15, 0.2) is 0 Å². The summed E-state index contributed by atoms with van der Waals surface area (Å²) in [6.07, 6.45) is -0.199. The van der Waals surface area contributed by atoms with Gasteiger partial charge in [-0.2, -0.15) is 13.2 Å². The molecule has 2 saturated carbocycles. The standard InChI is InChI=1S/C11H17F3O/c12-11(13,14)9-3-5-10(15,6-4-9)7-8-1-2-8/h8-9,15H,1-7H2. The van der Waals surface area contributed by atoms with E-state index < -0.39 is 17.7 Å². The average Bonchev–Trinajstić information content (AvgIpc) is 2.86. The Morgan fingerprint density at radius 1 is 1.07 bits per heavy atom. The largest absolute Gasteiger partial charge is 0.391 e. The van der Waals surface area contributed by atoms with Crippen LogP contribution in [-0.4, -0.2) is 16.9 Å². The van der Waals surface area contributed by atoms with Crippen molar-refractivity contribution in [3.63, 3.8) is 0 Å². The highest BCUT2D eigenvalue weighted by Crippen LogP contribution is 2.46. The van der Waals surface area contributed by atoms with Crippen molar-refractivity contribution in [1.29, 1.82) is 0 Å². The number of halogens is 3. The lowest BCUT2D eigenvalue weighted by molar-refractivity contribution is -0.192. The van der Waals surface area contributed by atoms with E-state index in [2.05, 4.69) is 0 Å². The zero-order valence-corrected chi connectivity index (χ0v) is 8.69. The molecule has 2 aliphatic carbocycles. The molecule has 0 amide bonds. The molecule has 0 bridgehead atoms. The van der Waals surface area contributed by atoms with E-state index in [9.17, 15) is 18.3 Å². The van der Waals surface area contributed by atoms with Gasteiger partial charge in [0, 0.05) is 0 Å². The van der Waals surface area contributed by atoms with Gasteiger partial charge in [-0.05, 0) is 38.0 Å². The summed E-state index contributed by atoms with van der Waals surface area (Å²) in [6.45, 7) is 0. The van der Waals surface area contributed by atoms with Crippen LogP contribution in [0.25, 0.3) is 0 Å². The SMILES string of the molecule is OC1(CC2CC2)CCC(C(F)(F)F)CC1. The Balaban J connectivity index is 1.84. The molecule has 2 aliphatic rings. The molecule has 0 aromatic heterocycles. The number of alkyl halides is 3. The molecular formula is C11H17F3O. The molecule has 88 valence electrons. The lowest BCUT2D eigenvalue weighted by Gasteiger charge is -2.36. The Morgan fingerprint density at radius 3 is 2.00 bits per heavy atom. The molecule has 0 aromatic carbocycles. The molecule has 1 N–H and O–H groups in total. The van der Waals surface area contributed by atoms with E-state index >= 15 is 0 Å². The van der Waals surface area contributed by atoms with Gasteiger partial charge in [0.1, 0.15) is 0 Å². The molecule has 0 saturated heterocycles. The number of hydrogen-bond donors (Lipinski definition) is 1. The zero-order chi connectivity index (χ0) is 11.1. The van der Waals surface area contributed by atoms with Gasteiger partial charge in [-0.3, -0.25) is 0 Å². The summed E-state index contributed by atoms with van der Waals surface area (Å²) >= 11 is 0. The lowest BCUT2D eigenvalue weighted by atomic mass is 9.76. The van der Waals surface area contributed by atoms with Gasteiger partial charge in [-0.1, -0.05) is 12.8 Å². The molecule has 0 aliphatic heterocycles. The van der Waals surface area contributed by atoms with Crippen LogP contribution in [0.3, 0.4) is 0 Å². The van der Waals surface area contributed by atoms with Gasteiger partial charge in [0.25, 0.3) is 0 Å².